The quantitative estimate of drug-likeness (QED) is 0.557. The van der Waals surface area contributed by atoms with Crippen molar-refractivity contribution in [2.24, 2.45) is 5.73 Å². The highest BCUT2D eigenvalue weighted by molar-refractivity contribution is 4.79. The maximum atomic E-state index is 9.34. The molecule has 3 N–H and O–H groups in total. The molecule has 0 heterocycles. The molecule has 0 aromatic carbocycles. The third kappa shape index (κ3) is 2.30. The molecule has 0 saturated carbocycles. The van der Waals surface area contributed by atoms with E-state index in [1.807, 2.05) is 0 Å². The summed E-state index contributed by atoms with van der Waals surface area (Å²) in [6.45, 7) is 3.66. The summed E-state index contributed by atoms with van der Waals surface area (Å²) in [7, 11) is 1.55. The fourth-order valence-electron chi connectivity index (χ4n) is 0.420. The Kier molecular flexibility index (Phi) is 3.11. The topological polar surface area (TPSA) is 55.5 Å². The highest BCUT2D eigenvalue weighted by Crippen LogP contribution is 2.09. The van der Waals surface area contributed by atoms with Gasteiger partial charge in [-0.2, -0.15) is 0 Å². The Balaban J connectivity index is 3.80. The SMILES string of the molecule is COC(C)C(C)(O)CN. The van der Waals surface area contributed by atoms with Crippen LogP contribution in [-0.4, -0.2) is 30.5 Å². The van der Waals surface area contributed by atoms with Crippen LogP contribution >= 0.6 is 0 Å². The summed E-state index contributed by atoms with van der Waals surface area (Å²) in [5.74, 6) is 0. The minimum atomic E-state index is -0.894. The Morgan fingerprint density at radius 1 is 1.78 bits per heavy atom. The van der Waals surface area contributed by atoms with Crippen molar-refractivity contribution in [2.45, 2.75) is 25.6 Å². The predicted octanol–water partition coefficient (Wildman–Crippen LogP) is -0.269. The third-order valence-electron chi connectivity index (χ3n) is 1.64. The van der Waals surface area contributed by atoms with Crippen LogP contribution in [0.15, 0.2) is 0 Å². The van der Waals surface area contributed by atoms with Crippen molar-refractivity contribution < 1.29 is 9.84 Å². The minimum absolute atomic E-state index is 0.206. The van der Waals surface area contributed by atoms with Crippen LogP contribution in [0.25, 0.3) is 0 Å². The van der Waals surface area contributed by atoms with E-state index in [-0.39, 0.29) is 12.6 Å². The summed E-state index contributed by atoms with van der Waals surface area (Å²) >= 11 is 0. The average Bonchev–Trinajstić information content (AvgIpc) is 1.86. The van der Waals surface area contributed by atoms with Gasteiger partial charge >= 0.3 is 0 Å². The molecule has 0 spiro atoms. The van der Waals surface area contributed by atoms with Gasteiger partial charge in [-0.1, -0.05) is 0 Å². The lowest BCUT2D eigenvalue weighted by Gasteiger charge is -2.27. The van der Waals surface area contributed by atoms with Crippen LogP contribution in [0.1, 0.15) is 13.8 Å². The Labute approximate surface area is 55.8 Å². The second-order valence-corrected chi connectivity index (χ2v) is 2.44. The van der Waals surface area contributed by atoms with E-state index in [0.29, 0.717) is 0 Å². The highest BCUT2D eigenvalue weighted by Gasteiger charge is 2.25. The zero-order valence-electron chi connectivity index (χ0n) is 6.22. The molecule has 3 nitrogen and oxygen atoms in total. The molecule has 0 aliphatic rings. The van der Waals surface area contributed by atoms with Crippen LogP contribution in [0.3, 0.4) is 0 Å². The van der Waals surface area contributed by atoms with Gasteiger partial charge in [0.25, 0.3) is 0 Å². The molecule has 0 amide bonds. The van der Waals surface area contributed by atoms with Crippen molar-refractivity contribution >= 4 is 0 Å². The molecule has 0 aromatic rings. The maximum absolute atomic E-state index is 9.34. The van der Waals surface area contributed by atoms with Crippen LogP contribution in [0.5, 0.6) is 0 Å². The molecule has 2 atom stereocenters. The van der Waals surface area contributed by atoms with Crippen LogP contribution in [-0.2, 0) is 4.74 Å². The Hall–Kier alpha value is -0.120. The van der Waals surface area contributed by atoms with Gasteiger partial charge in [-0.3, -0.25) is 0 Å². The predicted molar refractivity (Wildman–Crippen MR) is 36.1 cm³/mol. The number of methoxy groups -OCH3 is 1. The zero-order chi connectivity index (χ0) is 7.49. The van der Waals surface area contributed by atoms with E-state index in [2.05, 4.69) is 0 Å². The van der Waals surface area contributed by atoms with E-state index < -0.39 is 5.60 Å². The molecule has 0 bridgehead atoms. The minimum Gasteiger partial charge on any atom is -0.386 e. The average molecular weight is 133 g/mol. The number of hydrogen-bond acceptors (Lipinski definition) is 3. The molecule has 0 radical (unpaired) electrons. The first kappa shape index (κ1) is 8.88. The number of rotatable bonds is 3. The van der Waals surface area contributed by atoms with E-state index >= 15 is 0 Å². The lowest BCUT2D eigenvalue weighted by Crippen LogP contribution is -2.45. The highest BCUT2D eigenvalue weighted by atomic mass is 16.5. The van der Waals surface area contributed by atoms with Crippen molar-refractivity contribution in [3.8, 4) is 0 Å². The van der Waals surface area contributed by atoms with E-state index in [4.69, 9.17) is 10.5 Å². The maximum Gasteiger partial charge on any atom is 0.0998 e. The number of aliphatic hydroxyl groups is 1. The molecule has 2 unspecified atom stereocenters. The fraction of sp³-hybridized carbons (Fsp3) is 1.00. The second-order valence-electron chi connectivity index (χ2n) is 2.44. The van der Waals surface area contributed by atoms with Gasteiger partial charge in [0.2, 0.25) is 0 Å². The van der Waals surface area contributed by atoms with Gasteiger partial charge in [-0.05, 0) is 13.8 Å². The summed E-state index contributed by atoms with van der Waals surface area (Å²) in [5.41, 5.74) is 4.36. The number of ether oxygens (including phenoxy) is 1. The van der Waals surface area contributed by atoms with Crippen LogP contribution < -0.4 is 5.73 Å². The lowest BCUT2D eigenvalue weighted by atomic mass is 10.0. The summed E-state index contributed by atoms with van der Waals surface area (Å²) < 4.78 is 4.88. The summed E-state index contributed by atoms with van der Waals surface area (Å²) in [6.07, 6.45) is -0.206. The van der Waals surface area contributed by atoms with Gasteiger partial charge in [0.1, 0.15) is 0 Å². The Morgan fingerprint density at radius 2 is 2.22 bits per heavy atom. The van der Waals surface area contributed by atoms with Gasteiger partial charge in [-0.15, -0.1) is 0 Å². The van der Waals surface area contributed by atoms with E-state index in [1.54, 1.807) is 21.0 Å². The zero-order valence-corrected chi connectivity index (χ0v) is 6.22. The van der Waals surface area contributed by atoms with Crippen LogP contribution in [0.4, 0.5) is 0 Å². The normalized spacial score (nSPS) is 21.0. The summed E-state index contributed by atoms with van der Waals surface area (Å²) in [6, 6.07) is 0. The van der Waals surface area contributed by atoms with Crippen molar-refractivity contribution in [3.05, 3.63) is 0 Å². The van der Waals surface area contributed by atoms with Gasteiger partial charge in [-0.25, -0.2) is 0 Å². The molecule has 0 rings (SSSR count). The Bertz CT molecular complexity index is 83.1. The standard InChI is InChI=1S/C6H15NO2/c1-5(9-3)6(2,8)4-7/h5,8H,4,7H2,1-3H3. The first-order valence-electron chi connectivity index (χ1n) is 3.00. The molecular weight excluding hydrogens is 118 g/mol. The van der Waals surface area contributed by atoms with Crippen LogP contribution in [0, 0.1) is 0 Å². The molecule has 0 fully saturated rings. The number of nitrogens with two attached hydrogens (primary N) is 1. The molecule has 0 aromatic heterocycles. The first-order valence-corrected chi connectivity index (χ1v) is 3.00. The molecule has 0 saturated heterocycles. The number of hydrogen-bond donors (Lipinski definition) is 2. The monoisotopic (exact) mass is 133 g/mol. The van der Waals surface area contributed by atoms with Crippen molar-refractivity contribution in [1.82, 2.24) is 0 Å². The van der Waals surface area contributed by atoms with E-state index in [0.717, 1.165) is 0 Å². The first-order chi connectivity index (χ1) is 4.04. The molecule has 0 aliphatic carbocycles. The van der Waals surface area contributed by atoms with Crippen molar-refractivity contribution in [1.29, 1.82) is 0 Å². The second kappa shape index (κ2) is 3.15. The smallest absolute Gasteiger partial charge is 0.0998 e. The van der Waals surface area contributed by atoms with Crippen molar-refractivity contribution in [3.63, 3.8) is 0 Å². The van der Waals surface area contributed by atoms with Crippen LogP contribution in [0.2, 0.25) is 0 Å². The molecule has 0 aliphatic heterocycles. The summed E-state index contributed by atoms with van der Waals surface area (Å²) in [5, 5.41) is 9.34. The Morgan fingerprint density at radius 3 is 2.33 bits per heavy atom. The molecule has 9 heavy (non-hydrogen) atoms. The molecular formula is C6H15NO2. The molecule has 56 valence electrons. The molecule has 3 heteroatoms. The van der Waals surface area contributed by atoms with Gasteiger partial charge < -0.3 is 15.6 Å². The third-order valence-corrected chi connectivity index (χ3v) is 1.64. The van der Waals surface area contributed by atoms with Gasteiger partial charge in [0.05, 0.1) is 11.7 Å². The largest absolute Gasteiger partial charge is 0.386 e. The van der Waals surface area contributed by atoms with E-state index in [9.17, 15) is 5.11 Å². The van der Waals surface area contributed by atoms with E-state index in [1.165, 1.54) is 0 Å². The van der Waals surface area contributed by atoms with Gasteiger partial charge in [0, 0.05) is 13.7 Å². The van der Waals surface area contributed by atoms with Gasteiger partial charge in [0.15, 0.2) is 0 Å². The summed E-state index contributed by atoms with van der Waals surface area (Å²) in [4.78, 5) is 0. The fourth-order valence-corrected chi connectivity index (χ4v) is 0.420. The lowest BCUT2D eigenvalue weighted by molar-refractivity contribution is -0.0656. The van der Waals surface area contributed by atoms with Crippen molar-refractivity contribution in [2.75, 3.05) is 13.7 Å².